The van der Waals surface area contributed by atoms with E-state index in [1.54, 1.807) is 23.5 Å². The van der Waals surface area contributed by atoms with Crippen molar-refractivity contribution in [1.82, 2.24) is 0 Å². The number of benzene rings is 2. The average molecular weight is 286 g/mol. The predicted molar refractivity (Wildman–Crippen MR) is 76.2 cm³/mol. The molecular formula is C15H8F2N2S. The van der Waals surface area contributed by atoms with E-state index >= 15 is 0 Å². The zero-order chi connectivity index (χ0) is 14.1. The summed E-state index contributed by atoms with van der Waals surface area (Å²) in [5.41, 5.74) is 0.372. The summed E-state index contributed by atoms with van der Waals surface area (Å²) in [6.07, 6.45) is 0. The molecule has 0 aliphatic rings. The Morgan fingerprint density at radius 3 is 2.70 bits per heavy atom. The maximum Gasteiger partial charge on any atom is 0.183 e. The second-order valence-electron chi connectivity index (χ2n) is 4.20. The summed E-state index contributed by atoms with van der Waals surface area (Å²) in [5, 5.41) is 14.5. The first-order chi connectivity index (χ1) is 9.69. The number of fused-ring (bicyclic) bond motifs is 1. The van der Waals surface area contributed by atoms with Crippen LogP contribution in [0.3, 0.4) is 0 Å². The number of hydrogen-bond acceptors (Lipinski definition) is 3. The molecule has 0 fully saturated rings. The number of hydrogen-bond donors (Lipinski definition) is 1. The van der Waals surface area contributed by atoms with Crippen LogP contribution in [0.25, 0.3) is 10.1 Å². The maximum absolute atomic E-state index is 13.8. The van der Waals surface area contributed by atoms with Crippen LogP contribution in [0.5, 0.6) is 0 Å². The normalized spacial score (nSPS) is 10.4. The van der Waals surface area contributed by atoms with Gasteiger partial charge in [0, 0.05) is 10.4 Å². The van der Waals surface area contributed by atoms with Gasteiger partial charge in [0.05, 0.1) is 11.3 Å². The van der Waals surface area contributed by atoms with Crippen molar-refractivity contribution in [3.63, 3.8) is 0 Å². The van der Waals surface area contributed by atoms with Crippen molar-refractivity contribution in [1.29, 1.82) is 5.26 Å². The zero-order valence-corrected chi connectivity index (χ0v) is 11.0. The molecule has 2 aromatic carbocycles. The summed E-state index contributed by atoms with van der Waals surface area (Å²) >= 11 is 1.61. The monoisotopic (exact) mass is 286 g/mol. The van der Waals surface area contributed by atoms with E-state index in [2.05, 4.69) is 5.32 Å². The molecule has 2 nitrogen and oxygen atoms in total. The SMILES string of the molecule is N#Cc1ccc(Nc2ccc3sccc3c2)c(F)c1F. The molecule has 1 heterocycles. The quantitative estimate of drug-likeness (QED) is 0.735. The van der Waals surface area contributed by atoms with Crippen molar-refractivity contribution >= 4 is 32.8 Å². The molecule has 0 saturated carbocycles. The molecule has 0 bridgehead atoms. The van der Waals surface area contributed by atoms with Crippen LogP contribution in [0.1, 0.15) is 5.56 Å². The molecule has 98 valence electrons. The lowest BCUT2D eigenvalue weighted by atomic mass is 10.2. The van der Waals surface area contributed by atoms with Crippen molar-refractivity contribution in [3.8, 4) is 6.07 Å². The number of thiophene rings is 1. The van der Waals surface area contributed by atoms with Crippen LogP contribution in [-0.4, -0.2) is 0 Å². The minimum absolute atomic E-state index is 0.0103. The fourth-order valence-electron chi connectivity index (χ4n) is 1.93. The first-order valence-corrected chi connectivity index (χ1v) is 6.69. The van der Waals surface area contributed by atoms with E-state index in [0.717, 1.165) is 10.1 Å². The second kappa shape index (κ2) is 4.91. The van der Waals surface area contributed by atoms with Crippen LogP contribution in [0, 0.1) is 23.0 Å². The van der Waals surface area contributed by atoms with Gasteiger partial charge in [0.15, 0.2) is 11.6 Å². The van der Waals surface area contributed by atoms with E-state index in [1.807, 2.05) is 23.6 Å². The Morgan fingerprint density at radius 2 is 1.90 bits per heavy atom. The van der Waals surface area contributed by atoms with Crippen LogP contribution >= 0.6 is 11.3 Å². The molecule has 3 aromatic rings. The van der Waals surface area contributed by atoms with Crippen LogP contribution in [0.2, 0.25) is 0 Å². The largest absolute Gasteiger partial charge is 0.353 e. The molecule has 0 saturated heterocycles. The Balaban J connectivity index is 1.98. The third-order valence-electron chi connectivity index (χ3n) is 2.93. The smallest absolute Gasteiger partial charge is 0.183 e. The molecule has 0 spiro atoms. The molecule has 3 rings (SSSR count). The summed E-state index contributed by atoms with van der Waals surface area (Å²) in [5.74, 6) is -2.18. The number of nitrogens with one attached hydrogen (secondary N) is 1. The van der Waals surface area contributed by atoms with Crippen molar-refractivity contribution in [3.05, 3.63) is 59.0 Å². The number of anilines is 2. The summed E-state index contributed by atoms with van der Waals surface area (Å²) in [6.45, 7) is 0. The van der Waals surface area contributed by atoms with Crippen LogP contribution in [0.4, 0.5) is 20.2 Å². The highest BCUT2D eigenvalue weighted by molar-refractivity contribution is 7.17. The highest BCUT2D eigenvalue weighted by atomic mass is 32.1. The van der Waals surface area contributed by atoms with Gasteiger partial charge >= 0.3 is 0 Å². The molecule has 0 atom stereocenters. The summed E-state index contributed by atoms with van der Waals surface area (Å²) in [6, 6.07) is 11.8. The van der Waals surface area contributed by atoms with Crippen molar-refractivity contribution in [2.24, 2.45) is 0 Å². The fraction of sp³-hybridized carbons (Fsp3) is 0. The van der Waals surface area contributed by atoms with Crippen LogP contribution in [0.15, 0.2) is 41.8 Å². The van der Waals surface area contributed by atoms with Crippen molar-refractivity contribution in [2.75, 3.05) is 5.32 Å². The van der Waals surface area contributed by atoms with Gasteiger partial charge in [-0.2, -0.15) is 5.26 Å². The fourth-order valence-corrected chi connectivity index (χ4v) is 2.70. The third kappa shape index (κ3) is 2.10. The highest BCUT2D eigenvalue weighted by Crippen LogP contribution is 2.28. The zero-order valence-electron chi connectivity index (χ0n) is 10.2. The van der Waals surface area contributed by atoms with Gasteiger partial charge < -0.3 is 5.32 Å². The lowest BCUT2D eigenvalue weighted by Gasteiger charge is -2.08. The molecule has 1 N–H and O–H groups in total. The molecule has 0 radical (unpaired) electrons. The van der Waals surface area contributed by atoms with Gasteiger partial charge in [-0.1, -0.05) is 0 Å². The summed E-state index contributed by atoms with van der Waals surface area (Å²) < 4.78 is 28.5. The van der Waals surface area contributed by atoms with Gasteiger partial charge in [-0.15, -0.1) is 11.3 Å². The first-order valence-electron chi connectivity index (χ1n) is 5.81. The minimum atomic E-state index is -1.13. The molecular weight excluding hydrogens is 278 g/mol. The Labute approximate surface area is 117 Å². The van der Waals surface area contributed by atoms with E-state index in [1.165, 1.54) is 12.1 Å². The Morgan fingerprint density at radius 1 is 1.05 bits per heavy atom. The minimum Gasteiger partial charge on any atom is -0.353 e. The molecule has 5 heteroatoms. The Hall–Kier alpha value is -2.45. The topological polar surface area (TPSA) is 35.8 Å². The van der Waals surface area contributed by atoms with E-state index in [-0.39, 0.29) is 11.3 Å². The van der Waals surface area contributed by atoms with Gasteiger partial charge in [-0.25, -0.2) is 8.78 Å². The van der Waals surface area contributed by atoms with Gasteiger partial charge in [-0.05, 0) is 47.2 Å². The van der Waals surface area contributed by atoms with Crippen LogP contribution < -0.4 is 5.32 Å². The number of nitriles is 1. The van der Waals surface area contributed by atoms with Gasteiger partial charge in [0.1, 0.15) is 6.07 Å². The van der Waals surface area contributed by atoms with E-state index in [9.17, 15) is 8.78 Å². The number of halogens is 2. The number of nitrogens with zero attached hydrogens (tertiary/aromatic N) is 1. The van der Waals surface area contributed by atoms with Crippen LogP contribution in [-0.2, 0) is 0 Å². The molecule has 0 amide bonds. The van der Waals surface area contributed by atoms with E-state index in [4.69, 9.17) is 5.26 Å². The maximum atomic E-state index is 13.8. The predicted octanol–water partition coefficient (Wildman–Crippen LogP) is 4.79. The van der Waals surface area contributed by atoms with Gasteiger partial charge in [0.25, 0.3) is 0 Å². The van der Waals surface area contributed by atoms with Crippen molar-refractivity contribution in [2.45, 2.75) is 0 Å². The lowest BCUT2D eigenvalue weighted by Crippen LogP contribution is -1.98. The van der Waals surface area contributed by atoms with Gasteiger partial charge in [-0.3, -0.25) is 0 Å². The first kappa shape index (κ1) is 12.6. The standard InChI is InChI=1S/C15H8F2N2S/c16-14-10(8-18)1-3-12(15(14)17)19-11-2-4-13-9(7-11)5-6-20-13/h1-7,19H. The third-order valence-corrected chi connectivity index (χ3v) is 3.83. The average Bonchev–Trinajstić information content (AvgIpc) is 2.92. The summed E-state index contributed by atoms with van der Waals surface area (Å²) in [7, 11) is 0. The van der Waals surface area contributed by atoms with E-state index in [0.29, 0.717) is 5.69 Å². The molecule has 0 unspecified atom stereocenters. The van der Waals surface area contributed by atoms with E-state index < -0.39 is 11.6 Å². The van der Waals surface area contributed by atoms with Gasteiger partial charge in [0.2, 0.25) is 0 Å². The molecule has 1 aromatic heterocycles. The highest BCUT2D eigenvalue weighted by Gasteiger charge is 2.13. The Kier molecular flexibility index (Phi) is 3.09. The lowest BCUT2D eigenvalue weighted by molar-refractivity contribution is 0.509. The summed E-state index contributed by atoms with van der Waals surface area (Å²) in [4.78, 5) is 0. The van der Waals surface area contributed by atoms with Crippen molar-refractivity contribution < 1.29 is 8.78 Å². The number of rotatable bonds is 2. The molecule has 0 aliphatic heterocycles. The molecule has 20 heavy (non-hydrogen) atoms. The molecule has 0 aliphatic carbocycles. The second-order valence-corrected chi connectivity index (χ2v) is 5.15. The Bertz CT molecular complexity index is 833.